The van der Waals surface area contributed by atoms with Crippen LogP contribution in [0.1, 0.15) is 121 Å². The highest BCUT2D eigenvalue weighted by Gasteiger charge is 2.36. The monoisotopic (exact) mass is 707 g/mol. The van der Waals surface area contributed by atoms with Gasteiger partial charge >= 0.3 is 0 Å². The van der Waals surface area contributed by atoms with E-state index in [0.29, 0.717) is 5.92 Å². The minimum atomic E-state index is -0.0908. The third-order valence-electron chi connectivity index (χ3n) is 12.4. The van der Waals surface area contributed by atoms with Crippen LogP contribution < -0.4 is 4.90 Å². The molecule has 274 valence electrons. The van der Waals surface area contributed by atoms with E-state index in [-0.39, 0.29) is 16.2 Å². The minimum absolute atomic E-state index is 0.0605. The molecule has 0 aliphatic heterocycles. The van der Waals surface area contributed by atoms with Gasteiger partial charge in [-0.25, -0.2) is 0 Å². The van der Waals surface area contributed by atoms with Crippen molar-refractivity contribution in [3.63, 3.8) is 0 Å². The van der Waals surface area contributed by atoms with Crippen molar-refractivity contribution in [3.05, 3.63) is 161 Å². The second-order valence-electron chi connectivity index (χ2n) is 18.6. The molecule has 0 atom stereocenters. The predicted molar refractivity (Wildman–Crippen MR) is 233 cm³/mol. The first kappa shape index (κ1) is 36.1. The molecule has 2 aliphatic carbocycles. The zero-order valence-electron chi connectivity index (χ0n) is 33.8. The van der Waals surface area contributed by atoms with Crippen LogP contribution in [0.25, 0.3) is 33.4 Å². The quantitative estimate of drug-likeness (QED) is 0.167. The van der Waals surface area contributed by atoms with E-state index in [0.717, 1.165) is 0 Å². The van der Waals surface area contributed by atoms with Gasteiger partial charge in [-0.05, 0) is 116 Å². The number of anilines is 3. The number of hydrogen-bond acceptors (Lipinski definition) is 1. The summed E-state index contributed by atoms with van der Waals surface area (Å²) in [4.78, 5) is 2.55. The van der Waals surface area contributed by atoms with E-state index in [1.54, 1.807) is 0 Å². The Labute approximate surface area is 325 Å². The maximum Gasteiger partial charge on any atom is 0.0542 e. The fraction of sp³-hybridized carbons (Fsp3) is 0.321. The summed E-state index contributed by atoms with van der Waals surface area (Å²) in [5.41, 5.74) is 18.4. The first-order valence-electron chi connectivity index (χ1n) is 20.3. The SMILES string of the molecule is CC(C)(C)c1cc(-c2ccc(N(c3ccc4c(c3)C(C)(C)c3ccccc3-4)c3cc(C4CCCCC4)ccc3-c3ccccc3)cc2)cc(C(C)(C)C)c1. The summed E-state index contributed by atoms with van der Waals surface area (Å²) in [6.45, 7) is 18.7. The normalized spacial score (nSPS) is 15.5. The van der Waals surface area contributed by atoms with Gasteiger partial charge < -0.3 is 4.90 Å². The summed E-state index contributed by atoms with van der Waals surface area (Å²) >= 11 is 0. The lowest BCUT2D eigenvalue weighted by molar-refractivity contribution is 0.444. The highest BCUT2D eigenvalue weighted by molar-refractivity contribution is 5.91. The molecule has 1 heteroatoms. The second-order valence-corrected chi connectivity index (χ2v) is 18.6. The Hall–Kier alpha value is -4.88. The molecule has 1 saturated carbocycles. The molecule has 0 radical (unpaired) electrons. The van der Waals surface area contributed by atoms with E-state index in [1.165, 1.54) is 110 Å². The van der Waals surface area contributed by atoms with E-state index in [1.807, 2.05) is 0 Å². The minimum Gasteiger partial charge on any atom is -0.310 e. The Morgan fingerprint density at radius 2 is 1.07 bits per heavy atom. The molecule has 0 aromatic heterocycles. The fourth-order valence-electron chi connectivity index (χ4n) is 9.01. The van der Waals surface area contributed by atoms with Crippen molar-refractivity contribution in [2.45, 2.75) is 110 Å². The molecule has 8 rings (SSSR count). The topological polar surface area (TPSA) is 3.24 Å². The summed E-state index contributed by atoms with van der Waals surface area (Å²) in [6, 6.07) is 51.1. The number of hydrogen-bond donors (Lipinski definition) is 0. The number of rotatable bonds is 6. The summed E-state index contributed by atoms with van der Waals surface area (Å²) in [6.07, 6.45) is 6.54. The standard InChI is InChI=1S/C53H57N/c1-51(2,3)41-31-40(32-42(34-41)52(4,5)6)37-23-26-43(27-24-37)54(44-28-30-47-46-21-15-16-22-48(46)53(7,8)49(47)35-44)50-33-39(36-17-11-9-12-18-36)25-29-45(50)38-19-13-10-14-20-38/h10,13-16,19-36H,9,11-12,17-18H2,1-8H3. The molecule has 54 heavy (non-hydrogen) atoms. The van der Waals surface area contributed by atoms with Crippen LogP contribution in [0, 0.1) is 0 Å². The Balaban J connectivity index is 1.32. The molecule has 0 N–H and O–H groups in total. The van der Waals surface area contributed by atoms with Crippen LogP contribution in [-0.2, 0) is 16.2 Å². The van der Waals surface area contributed by atoms with E-state index in [2.05, 4.69) is 194 Å². The van der Waals surface area contributed by atoms with Gasteiger partial charge in [-0.1, -0.05) is 178 Å². The summed E-state index contributed by atoms with van der Waals surface area (Å²) in [5, 5.41) is 0. The molecule has 2 aliphatic rings. The van der Waals surface area contributed by atoms with Crippen molar-refractivity contribution in [3.8, 4) is 33.4 Å². The average Bonchev–Trinajstić information content (AvgIpc) is 3.40. The lowest BCUT2D eigenvalue weighted by Gasteiger charge is -2.31. The molecule has 6 aromatic carbocycles. The lowest BCUT2D eigenvalue weighted by atomic mass is 9.79. The number of fused-ring (bicyclic) bond motifs is 3. The van der Waals surface area contributed by atoms with E-state index in [4.69, 9.17) is 0 Å². The zero-order valence-corrected chi connectivity index (χ0v) is 33.8. The van der Waals surface area contributed by atoms with Crippen LogP contribution in [-0.4, -0.2) is 0 Å². The lowest BCUT2D eigenvalue weighted by Crippen LogP contribution is -2.17. The van der Waals surface area contributed by atoms with Gasteiger partial charge in [0.05, 0.1) is 5.69 Å². The van der Waals surface area contributed by atoms with Gasteiger partial charge in [0.1, 0.15) is 0 Å². The molecule has 0 saturated heterocycles. The van der Waals surface area contributed by atoms with Crippen LogP contribution in [0.5, 0.6) is 0 Å². The van der Waals surface area contributed by atoms with E-state index >= 15 is 0 Å². The van der Waals surface area contributed by atoms with Crippen LogP contribution in [0.2, 0.25) is 0 Å². The van der Waals surface area contributed by atoms with Gasteiger partial charge in [-0.15, -0.1) is 0 Å². The Bertz CT molecular complexity index is 2250. The van der Waals surface area contributed by atoms with Crippen molar-refractivity contribution in [1.29, 1.82) is 0 Å². The third-order valence-corrected chi connectivity index (χ3v) is 12.4. The first-order valence-corrected chi connectivity index (χ1v) is 20.3. The van der Waals surface area contributed by atoms with Crippen molar-refractivity contribution in [2.75, 3.05) is 4.90 Å². The summed E-state index contributed by atoms with van der Waals surface area (Å²) in [7, 11) is 0. The smallest absolute Gasteiger partial charge is 0.0542 e. The summed E-state index contributed by atoms with van der Waals surface area (Å²) < 4.78 is 0. The molecular weight excluding hydrogens is 651 g/mol. The molecule has 6 aromatic rings. The average molecular weight is 708 g/mol. The molecule has 0 heterocycles. The van der Waals surface area contributed by atoms with Crippen LogP contribution >= 0.6 is 0 Å². The van der Waals surface area contributed by atoms with E-state index < -0.39 is 0 Å². The summed E-state index contributed by atoms with van der Waals surface area (Å²) in [5.74, 6) is 0.604. The van der Waals surface area contributed by atoms with Crippen molar-refractivity contribution >= 4 is 17.1 Å². The maximum atomic E-state index is 2.55. The molecular formula is C53H57N. The Kier molecular flexibility index (Phi) is 9.20. The van der Waals surface area contributed by atoms with Crippen molar-refractivity contribution in [1.82, 2.24) is 0 Å². The van der Waals surface area contributed by atoms with Crippen LogP contribution in [0.15, 0.2) is 133 Å². The molecule has 1 nitrogen and oxygen atoms in total. The van der Waals surface area contributed by atoms with Gasteiger partial charge in [0.25, 0.3) is 0 Å². The largest absolute Gasteiger partial charge is 0.310 e. The van der Waals surface area contributed by atoms with Crippen molar-refractivity contribution in [2.24, 2.45) is 0 Å². The fourth-order valence-corrected chi connectivity index (χ4v) is 9.01. The molecule has 1 fully saturated rings. The van der Waals surface area contributed by atoms with Gasteiger partial charge in [0, 0.05) is 22.4 Å². The van der Waals surface area contributed by atoms with Gasteiger partial charge in [0.2, 0.25) is 0 Å². The first-order chi connectivity index (χ1) is 25.8. The van der Waals surface area contributed by atoms with Gasteiger partial charge in [-0.3, -0.25) is 0 Å². The predicted octanol–water partition coefficient (Wildman–Crippen LogP) is 15.4. The van der Waals surface area contributed by atoms with Crippen LogP contribution in [0.4, 0.5) is 17.1 Å². The maximum absolute atomic E-state index is 2.55. The van der Waals surface area contributed by atoms with Gasteiger partial charge in [0.15, 0.2) is 0 Å². The molecule has 0 bridgehead atoms. The number of benzene rings is 6. The highest BCUT2D eigenvalue weighted by Crippen LogP contribution is 2.52. The molecule has 0 unspecified atom stereocenters. The molecule has 0 amide bonds. The third kappa shape index (κ3) is 6.72. The highest BCUT2D eigenvalue weighted by atomic mass is 15.1. The zero-order chi connectivity index (χ0) is 37.8. The van der Waals surface area contributed by atoms with Gasteiger partial charge in [-0.2, -0.15) is 0 Å². The second kappa shape index (κ2) is 13.8. The van der Waals surface area contributed by atoms with Crippen LogP contribution in [0.3, 0.4) is 0 Å². The Morgan fingerprint density at radius 1 is 0.481 bits per heavy atom. The molecule has 0 spiro atoms. The number of nitrogens with zero attached hydrogens (tertiary/aromatic N) is 1. The van der Waals surface area contributed by atoms with E-state index in [9.17, 15) is 0 Å². The Morgan fingerprint density at radius 3 is 1.74 bits per heavy atom. The van der Waals surface area contributed by atoms with Crippen molar-refractivity contribution < 1.29 is 0 Å².